The summed E-state index contributed by atoms with van der Waals surface area (Å²) in [6, 6.07) is 3.39. The molecule has 3 nitrogen and oxygen atoms in total. The number of carbonyl (C=O) groups is 1. The molecule has 0 amide bonds. The minimum Gasteiger partial charge on any atom is -0.465 e. The molecular weight excluding hydrogens is 240 g/mol. The number of carbonyl (C=O) groups excluding carboxylic acids is 1. The van der Waals surface area contributed by atoms with Crippen molar-refractivity contribution in [1.82, 2.24) is 0 Å². The Kier molecular flexibility index (Phi) is 4.78. The standard InChI is InChI=1S/C13H17F2NO2/c1-3-18-12(17)13(2,6-7-16)9-4-5-10(14)11(15)8-9/h4-5,8H,3,6-7,16H2,1-2H3. The van der Waals surface area contributed by atoms with E-state index in [0.29, 0.717) is 12.0 Å². The van der Waals surface area contributed by atoms with Crippen LogP contribution >= 0.6 is 0 Å². The van der Waals surface area contributed by atoms with E-state index in [0.717, 1.165) is 12.1 Å². The first-order valence-electron chi connectivity index (χ1n) is 5.78. The first-order chi connectivity index (χ1) is 8.45. The lowest BCUT2D eigenvalue weighted by Crippen LogP contribution is -2.36. The third-order valence-corrected chi connectivity index (χ3v) is 2.93. The van der Waals surface area contributed by atoms with Crippen LogP contribution in [0.3, 0.4) is 0 Å². The highest BCUT2D eigenvalue weighted by atomic mass is 19.2. The third kappa shape index (κ3) is 2.85. The molecule has 0 bridgehead atoms. The maximum Gasteiger partial charge on any atom is 0.316 e. The highest BCUT2D eigenvalue weighted by Crippen LogP contribution is 2.30. The van der Waals surface area contributed by atoms with Crippen molar-refractivity contribution in [3.05, 3.63) is 35.4 Å². The Bertz CT molecular complexity index is 437. The van der Waals surface area contributed by atoms with Crippen molar-refractivity contribution in [2.75, 3.05) is 13.2 Å². The summed E-state index contributed by atoms with van der Waals surface area (Å²) in [5, 5.41) is 0. The molecule has 1 aromatic carbocycles. The average Bonchev–Trinajstić information content (AvgIpc) is 2.33. The van der Waals surface area contributed by atoms with Crippen LogP contribution in [0, 0.1) is 11.6 Å². The van der Waals surface area contributed by atoms with E-state index < -0.39 is 23.0 Å². The first kappa shape index (κ1) is 14.6. The smallest absolute Gasteiger partial charge is 0.316 e. The van der Waals surface area contributed by atoms with Crippen molar-refractivity contribution in [3.63, 3.8) is 0 Å². The summed E-state index contributed by atoms with van der Waals surface area (Å²) in [7, 11) is 0. The number of ether oxygens (including phenoxy) is 1. The van der Waals surface area contributed by atoms with E-state index in [2.05, 4.69) is 0 Å². The second-order valence-corrected chi connectivity index (χ2v) is 4.22. The molecule has 2 N–H and O–H groups in total. The van der Waals surface area contributed by atoms with Gasteiger partial charge in [0.1, 0.15) is 0 Å². The number of halogens is 2. The van der Waals surface area contributed by atoms with Crippen LogP contribution in [0.5, 0.6) is 0 Å². The van der Waals surface area contributed by atoms with Crippen LogP contribution in [0.2, 0.25) is 0 Å². The van der Waals surface area contributed by atoms with Gasteiger partial charge in [-0.3, -0.25) is 4.79 Å². The maximum absolute atomic E-state index is 13.2. The normalized spacial score (nSPS) is 14.1. The molecule has 0 heterocycles. The first-order valence-corrected chi connectivity index (χ1v) is 5.78. The summed E-state index contributed by atoms with van der Waals surface area (Å²) in [5.41, 5.74) is 4.79. The summed E-state index contributed by atoms with van der Waals surface area (Å²) in [6.45, 7) is 3.77. The molecular formula is C13H17F2NO2. The highest BCUT2D eigenvalue weighted by Gasteiger charge is 2.36. The predicted molar refractivity (Wildman–Crippen MR) is 64.0 cm³/mol. The van der Waals surface area contributed by atoms with E-state index in [9.17, 15) is 13.6 Å². The molecule has 0 saturated carbocycles. The molecule has 18 heavy (non-hydrogen) atoms. The van der Waals surface area contributed by atoms with Crippen molar-refractivity contribution in [2.24, 2.45) is 5.73 Å². The van der Waals surface area contributed by atoms with Gasteiger partial charge in [0.2, 0.25) is 0 Å². The van der Waals surface area contributed by atoms with Crippen LogP contribution in [0.1, 0.15) is 25.8 Å². The van der Waals surface area contributed by atoms with Gasteiger partial charge in [0, 0.05) is 0 Å². The van der Waals surface area contributed by atoms with Crippen molar-refractivity contribution < 1.29 is 18.3 Å². The highest BCUT2D eigenvalue weighted by molar-refractivity contribution is 5.82. The van der Waals surface area contributed by atoms with Crippen molar-refractivity contribution in [3.8, 4) is 0 Å². The van der Waals surface area contributed by atoms with Crippen LogP contribution in [0.4, 0.5) is 8.78 Å². The quantitative estimate of drug-likeness (QED) is 0.822. The van der Waals surface area contributed by atoms with E-state index in [1.165, 1.54) is 6.07 Å². The Morgan fingerprint density at radius 1 is 1.39 bits per heavy atom. The summed E-state index contributed by atoms with van der Waals surface area (Å²) >= 11 is 0. The number of esters is 1. The number of rotatable bonds is 5. The lowest BCUT2D eigenvalue weighted by molar-refractivity contribution is -0.149. The second-order valence-electron chi connectivity index (χ2n) is 4.22. The molecule has 1 unspecified atom stereocenters. The Balaban J connectivity index is 3.17. The Hall–Kier alpha value is -1.49. The van der Waals surface area contributed by atoms with Gasteiger partial charge in [-0.2, -0.15) is 0 Å². The van der Waals surface area contributed by atoms with E-state index in [1.54, 1.807) is 13.8 Å². The van der Waals surface area contributed by atoms with Gasteiger partial charge < -0.3 is 10.5 Å². The zero-order valence-electron chi connectivity index (χ0n) is 10.5. The van der Waals surface area contributed by atoms with Crippen LogP contribution < -0.4 is 5.73 Å². The van der Waals surface area contributed by atoms with E-state index in [-0.39, 0.29) is 13.2 Å². The Labute approximate surface area is 105 Å². The number of benzene rings is 1. The molecule has 0 fully saturated rings. The number of hydrogen-bond donors (Lipinski definition) is 1. The largest absolute Gasteiger partial charge is 0.465 e. The molecule has 0 aliphatic heterocycles. The zero-order valence-corrected chi connectivity index (χ0v) is 10.5. The van der Waals surface area contributed by atoms with Crippen LogP contribution in [0.25, 0.3) is 0 Å². The fraction of sp³-hybridized carbons (Fsp3) is 0.462. The van der Waals surface area contributed by atoms with E-state index in [4.69, 9.17) is 10.5 Å². The maximum atomic E-state index is 13.2. The molecule has 0 aromatic heterocycles. The molecule has 1 aromatic rings. The minimum absolute atomic E-state index is 0.225. The Morgan fingerprint density at radius 2 is 2.06 bits per heavy atom. The van der Waals surface area contributed by atoms with Crippen molar-refractivity contribution >= 4 is 5.97 Å². The fourth-order valence-corrected chi connectivity index (χ4v) is 1.78. The van der Waals surface area contributed by atoms with Crippen LogP contribution in [0.15, 0.2) is 18.2 Å². The molecule has 1 atom stereocenters. The summed E-state index contributed by atoms with van der Waals surface area (Å²) < 4.78 is 31.1. The molecule has 0 saturated heterocycles. The second kappa shape index (κ2) is 5.91. The van der Waals surface area contributed by atoms with Crippen molar-refractivity contribution in [1.29, 1.82) is 0 Å². The average molecular weight is 257 g/mol. The topological polar surface area (TPSA) is 52.3 Å². The monoisotopic (exact) mass is 257 g/mol. The molecule has 1 rings (SSSR count). The van der Waals surface area contributed by atoms with Gasteiger partial charge >= 0.3 is 5.97 Å². The molecule has 100 valence electrons. The number of hydrogen-bond acceptors (Lipinski definition) is 3. The van der Waals surface area contributed by atoms with Gasteiger partial charge in [0.25, 0.3) is 0 Å². The van der Waals surface area contributed by atoms with Gasteiger partial charge in [0.05, 0.1) is 12.0 Å². The van der Waals surface area contributed by atoms with Gasteiger partial charge in [-0.05, 0) is 44.5 Å². The van der Waals surface area contributed by atoms with Gasteiger partial charge in [-0.1, -0.05) is 6.07 Å². The number of nitrogens with two attached hydrogens (primary N) is 1. The van der Waals surface area contributed by atoms with Gasteiger partial charge in [0.15, 0.2) is 11.6 Å². The molecule has 0 aliphatic rings. The lowest BCUT2D eigenvalue weighted by atomic mass is 9.79. The van der Waals surface area contributed by atoms with Gasteiger partial charge in [-0.15, -0.1) is 0 Å². The third-order valence-electron chi connectivity index (χ3n) is 2.93. The van der Waals surface area contributed by atoms with Crippen molar-refractivity contribution in [2.45, 2.75) is 25.7 Å². The Morgan fingerprint density at radius 3 is 2.56 bits per heavy atom. The summed E-state index contributed by atoms with van der Waals surface area (Å²) in [4.78, 5) is 12.0. The summed E-state index contributed by atoms with van der Waals surface area (Å²) in [6.07, 6.45) is 0.302. The molecule has 0 spiro atoms. The molecule has 5 heteroatoms. The van der Waals surface area contributed by atoms with E-state index >= 15 is 0 Å². The summed E-state index contributed by atoms with van der Waals surface area (Å²) in [5.74, 6) is -2.42. The predicted octanol–water partition coefficient (Wildman–Crippen LogP) is 2.13. The molecule has 0 aliphatic carbocycles. The fourth-order valence-electron chi connectivity index (χ4n) is 1.78. The zero-order chi connectivity index (χ0) is 13.8. The van der Waals surface area contributed by atoms with Crippen LogP contribution in [-0.4, -0.2) is 19.1 Å². The van der Waals surface area contributed by atoms with Crippen LogP contribution in [-0.2, 0) is 14.9 Å². The lowest BCUT2D eigenvalue weighted by Gasteiger charge is -2.27. The molecule has 0 radical (unpaired) electrons. The minimum atomic E-state index is -1.06. The SMILES string of the molecule is CCOC(=O)C(C)(CCN)c1ccc(F)c(F)c1. The van der Waals surface area contributed by atoms with E-state index in [1.807, 2.05) is 0 Å². The van der Waals surface area contributed by atoms with Gasteiger partial charge in [-0.25, -0.2) is 8.78 Å².